The number of rotatable bonds is 2. The molecule has 1 atom stereocenters. The number of pyridine rings is 1. The summed E-state index contributed by atoms with van der Waals surface area (Å²) in [6, 6.07) is 4.47. The molecule has 2 nitrogen and oxygen atoms in total. The molecule has 0 bridgehead atoms. The van der Waals surface area contributed by atoms with Gasteiger partial charge in [0.05, 0.1) is 0 Å². The quantitative estimate of drug-likeness (QED) is 0.821. The van der Waals surface area contributed by atoms with Gasteiger partial charge in [0.1, 0.15) is 0 Å². The summed E-state index contributed by atoms with van der Waals surface area (Å²) >= 11 is 0. The molecule has 0 aromatic carbocycles. The third kappa shape index (κ3) is 1.47. The lowest BCUT2D eigenvalue weighted by Crippen LogP contribution is -2.42. The second-order valence-corrected chi connectivity index (χ2v) is 5.39. The zero-order valence-electron chi connectivity index (χ0n) is 10.00. The third-order valence-electron chi connectivity index (χ3n) is 4.57. The summed E-state index contributed by atoms with van der Waals surface area (Å²) < 4.78 is 0. The van der Waals surface area contributed by atoms with Crippen molar-refractivity contribution in [1.82, 2.24) is 10.3 Å². The van der Waals surface area contributed by atoms with E-state index in [2.05, 4.69) is 35.6 Å². The van der Waals surface area contributed by atoms with Gasteiger partial charge in [-0.25, -0.2) is 0 Å². The average molecular weight is 216 g/mol. The van der Waals surface area contributed by atoms with Crippen LogP contribution in [0.1, 0.15) is 36.9 Å². The first-order chi connectivity index (χ1) is 7.81. The monoisotopic (exact) mass is 216 g/mol. The summed E-state index contributed by atoms with van der Waals surface area (Å²) in [6.07, 6.45) is 7.58. The maximum atomic E-state index is 4.48. The van der Waals surface area contributed by atoms with Gasteiger partial charge in [0.15, 0.2) is 0 Å². The Morgan fingerprint density at radius 2 is 2.25 bits per heavy atom. The highest BCUT2D eigenvalue weighted by molar-refractivity contribution is 5.28. The van der Waals surface area contributed by atoms with Crippen LogP contribution in [0.5, 0.6) is 0 Å². The largest absolute Gasteiger partial charge is 0.316 e. The third-order valence-corrected chi connectivity index (χ3v) is 4.57. The highest BCUT2D eigenvalue weighted by Gasteiger charge is 2.46. The van der Waals surface area contributed by atoms with Crippen LogP contribution in [0, 0.1) is 12.8 Å². The van der Waals surface area contributed by atoms with Crippen LogP contribution in [-0.4, -0.2) is 18.1 Å². The van der Waals surface area contributed by atoms with Gasteiger partial charge in [0.25, 0.3) is 0 Å². The number of aromatic nitrogens is 1. The molecule has 0 spiro atoms. The fourth-order valence-corrected chi connectivity index (χ4v) is 3.38. The predicted octanol–water partition coefficient (Wildman–Crippen LogP) is 2.42. The topological polar surface area (TPSA) is 24.9 Å². The van der Waals surface area contributed by atoms with Crippen molar-refractivity contribution in [2.24, 2.45) is 5.92 Å². The van der Waals surface area contributed by atoms with Gasteiger partial charge in [-0.15, -0.1) is 0 Å². The molecule has 16 heavy (non-hydrogen) atoms. The minimum atomic E-state index is 0.462. The molecule has 2 heteroatoms. The molecule has 2 fully saturated rings. The van der Waals surface area contributed by atoms with Crippen molar-refractivity contribution in [2.75, 3.05) is 13.1 Å². The molecule has 2 aliphatic rings. The van der Waals surface area contributed by atoms with E-state index in [1.54, 1.807) is 0 Å². The molecule has 0 radical (unpaired) electrons. The molecule has 1 saturated heterocycles. The lowest BCUT2D eigenvalue weighted by atomic mass is 9.57. The highest BCUT2D eigenvalue weighted by Crippen LogP contribution is 2.50. The van der Waals surface area contributed by atoms with E-state index >= 15 is 0 Å². The van der Waals surface area contributed by atoms with E-state index in [0.29, 0.717) is 5.41 Å². The van der Waals surface area contributed by atoms with E-state index in [0.717, 1.165) is 11.6 Å². The van der Waals surface area contributed by atoms with Crippen molar-refractivity contribution in [3.8, 4) is 0 Å². The number of nitrogens with zero attached hydrogens (tertiary/aromatic N) is 1. The Hall–Kier alpha value is -0.890. The summed E-state index contributed by atoms with van der Waals surface area (Å²) in [7, 11) is 0. The van der Waals surface area contributed by atoms with Gasteiger partial charge in [0.2, 0.25) is 0 Å². The molecule has 1 unspecified atom stereocenters. The molecule has 1 aromatic rings. The van der Waals surface area contributed by atoms with Gasteiger partial charge >= 0.3 is 0 Å². The minimum Gasteiger partial charge on any atom is -0.316 e. The molecule has 1 N–H and O–H groups in total. The fraction of sp³-hybridized carbons (Fsp3) is 0.643. The van der Waals surface area contributed by atoms with E-state index in [4.69, 9.17) is 0 Å². The van der Waals surface area contributed by atoms with Crippen molar-refractivity contribution in [3.05, 3.63) is 29.6 Å². The molecule has 3 rings (SSSR count). The second-order valence-electron chi connectivity index (χ2n) is 5.39. The van der Waals surface area contributed by atoms with Crippen LogP contribution >= 0.6 is 0 Å². The van der Waals surface area contributed by atoms with Gasteiger partial charge in [-0.3, -0.25) is 4.98 Å². The smallest absolute Gasteiger partial charge is 0.0372 e. The number of hydrogen-bond acceptors (Lipinski definition) is 2. The van der Waals surface area contributed by atoms with Crippen LogP contribution in [-0.2, 0) is 5.41 Å². The van der Waals surface area contributed by atoms with Crippen molar-refractivity contribution in [3.63, 3.8) is 0 Å². The molecule has 1 aromatic heterocycles. The Kier molecular flexibility index (Phi) is 2.47. The van der Waals surface area contributed by atoms with Gasteiger partial charge in [-0.1, -0.05) is 12.5 Å². The maximum Gasteiger partial charge on any atom is 0.0372 e. The van der Waals surface area contributed by atoms with Crippen LogP contribution in [0.4, 0.5) is 0 Å². The standard InChI is InChI=1S/C14H20N2/c1-11-3-4-12(10-16-11)14(6-2-7-14)13-5-8-15-9-13/h3-4,10,13,15H,2,5-9H2,1H3. The minimum absolute atomic E-state index is 0.462. The lowest BCUT2D eigenvalue weighted by Gasteiger charge is -2.47. The maximum absolute atomic E-state index is 4.48. The van der Waals surface area contributed by atoms with Gasteiger partial charge in [-0.05, 0) is 56.8 Å². The van der Waals surface area contributed by atoms with Crippen LogP contribution in [0.3, 0.4) is 0 Å². The zero-order valence-corrected chi connectivity index (χ0v) is 10.00. The van der Waals surface area contributed by atoms with Gasteiger partial charge < -0.3 is 5.32 Å². The van der Waals surface area contributed by atoms with Crippen molar-refractivity contribution in [2.45, 2.75) is 38.0 Å². The Bertz CT molecular complexity index is 359. The molecule has 1 aliphatic heterocycles. The lowest BCUT2D eigenvalue weighted by molar-refractivity contribution is 0.156. The van der Waals surface area contributed by atoms with Crippen LogP contribution in [0.25, 0.3) is 0 Å². The van der Waals surface area contributed by atoms with E-state index in [9.17, 15) is 0 Å². The number of aryl methyl sites for hydroxylation is 1. The summed E-state index contributed by atoms with van der Waals surface area (Å²) in [5.74, 6) is 0.839. The van der Waals surface area contributed by atoms with E-state index in [-0.39, 0.29) is 0 Å². The summed E-state index contributed by atoms with van der Waals surface area (Å²) in [5.41, 5.74) is 3.07. The van der Waals surface area contributed by atoms with Crippen LogP contribution in [0.15, 0.2) is 18.3 Å². The molecular weight excluding hydrogens is 196 g/mol. The number of nitrogens with one attached hydrogen (secondary N) is 1. The Balaban J connectivity index is 1.91. The fourth-order valence-electron chi connectivity index (χ4n) is 3.38. The highest BCUT2D eigenvalue weighted by atomic mass is 14.9. The summed E-state index contributed by atoms with van der Waals surface area (Å²) in [5, 5.41) is 3.51. The zero-order chi connectivity index (χ0) is 11.0. The Morgan fingerprint density at radius 1 is 1.38 bits per heavy atom. The molecular formula is C14H20N2. The second kappa shape index (κ2) is 3.85. The summed E-state index contributed by atoms with van der Waals surface area (Å²) in [4.78, 5) is 4.48. The van der Waals surface area contributed by atoms with Crippen molar-refractivity contribution < 1.29 is 0 Å². The van der Waals surface area contributed by atoms with E-state index in [1.807, 2.05) is 0 Å². The molecule has 86 valence electrons. The van der Waals surface area contributed by atoms with Crippen LogP contribution < -0.4 is 5.32 Å². The predicted molar refractivity (Wildman–Crippen MR) is 65.5 cm³/mol. The van der Waals surface area contributed by atoms with E-state index in [1.165, 1.54) is 44.3 Å². The molecule has 1 saturated carbocycles. The molecule has 1 aliphatic carbocycles. The SMILES string of the molecule is Cc1ccc(C2(C3CCNC3)CCC2)cn1. The Morgan fingerprint density at radius 3 is 2.75 bits per heavy atom. The molecule has 0 amide bonds. The van der Waals surface area contributed by atoms with Crippen molar-refractivity contribution in [1.29, 1.82) is 0 Å². The molecule has 2 heterocycles. The first-order valence-electron chi connectivity index (χ1n) is 6.45. The Labute approximate surface area is 97.5 Å². The summed E-state index contributed by atoms with van der Waals surface area (Å²) in [6.45, 7) is 4.47. The van der Waals surface area contributed by atoms with Gasteiger partial charge in [0, 0.05) is 17.3 Å². The first-order valence-corrected chi connectivity index (χ1v) is 6.45. The first kappa shape index (κ1) is 10.3. The van der Waals surface area contributed by atoms with Crippen molar-refractivity contribution >= 4 is 0 Å². The van der Waals surface area contributed by atoms with Crippen LogP contribution in [0.2, 0.25) is 0 Å². The number of hydrogen-bond donors (Lipinski definition) is 1. The normalized spacial score (nSPS) is 27.7. The average Bonchev–Trinajstić information content (AvgIpc) is 2.73. The van der Waals surface area contributed by atoms with Gasteiger partial charge in [-0.2, -0.15) is 0 Å². The van der Waals surface area contributed by atoms with E-state index < -0.39 is 0 Å².